The monoisotopic (exact) mass is 669 g/mol. The Balaban J connectivity index is 1.23. The molecule has 0 aromatic heterocycles. The van der Waals surface area contributed by atoms with Crippen LogP contribution < -0.4 is 4.90 Å². The third-order valence-electron chi connectivity index (χ3n) is 12.7. The minimum Gasteiger partial charge on any atom is -0.310 e. The van der Waals surface area contributed by atoms with Crippen molar-refractivity contribution in [1.29, 1.82) is 0 Å². The number of hydrogen-bond donors (Lipinski definition) is 0. The maximum Gasteiger partial charge on any atom is 0.0540 e. The Morgan fingerprint density at radius 2 is 0.750 bits per heavy atom. The van der Waals surface area contributed by atoms with E-state index in [9.17, 15) is 0 Å². The van der Waals surface area contributed by atoms with Gasteiger partial charge in [0.1, 0.15) is 0 Å². The summed E-state index contributed by atoms with van der Waals surface area (Å²) in [5.41, 5.74) is 22.2. The number of para-hydroxylation sites is 1. The fraction of sp³-hybridized carbons (Fsp3) is 0.176. The van der Waals surface area contributed by atoms with Crippen LogP contribution in [0.3, 0.4) is 0 Å². The molecule has 0 fully saturated rings. The van der Waals surface area contributed by atoms with Gasteiger partial charge in [-0.1, -0.05) is 163 Å². The Hall–Kier alpha value is -5.66. The Labute approximate surface area is 308 Å². The topological polar surface area (TPSA) is 3.24 Å². The molecule has 7 aromatic carbocycles. The minimum absolute atomic E-state index is 0.0542. The fourth-order valence-corrected chi connectivity index (χ4v) is 9.98. The average Bonchev–Trinajstić information content (AvgIpc) is 3.65. The first-order chi connectivity index (χ1) is 25.1. The number of hydrogen-bond acceptors (Lipinski definition) is 1. The van der Waals surface area contributed by atoms with Gasteiger partial charge in [-0.25, -0.2) is 0 Å². The van der Waals surface area contributed by atoms with E-state index in [0.717, 1.165) is 0 Å². The molecular weight excluding hydrogens is 627 g/mol. The Kier molecular flexibility index (Phi) is 6.39. The first-order valence-electron chi connectivity index (χ1n) is 18.7. The molecule has 0 N–H and O–H groups in total. The van der Waals surface area contributed by atoms with Crippen molar-refractivity contribution in [3.8, 4) is 44.5 Å². The third-order valence-corrected chi connectivity index (χ3v) is 12.7. The van der Waals surface area contributed by atoms with Crippen LogP contribution in [0, 0.1) is 0 Å². The van der Waals surface area contributed by atoms with Gasteiger partial charge in [0, 0.05) is 33.2 Å². The molecule has 0 saturated heterocycles. The van der Waals surface area contributed by atoms with Crippen LogP contribution in [-0.4, -0.2) is 0 Å². The molecule has 7 aromatic rings. The van der Waals surface area contributed by atoms with Gasteiger partial charge >= 0.3 is 0 Å². The summed E-state index contributed by atoms with van der Waals surface area (Å²) in [5, 5.41) is 0. The van der Waals surface area contributed by atoms with Crippen molar-refractivity contribution < 1.29 is 0 Å². The quantitative estimate of drug-likeness (QED) is 0.180. The molecular formula is C51H43N. The van der Waals surface area contributed by atoms with Crippen LogP contribution in [0.25, 0.3) is 44.5 Å². The molecule has 1 heteroatoms. The van der Waals surface area contributed by atoms with E-state index in [1.807, 2.05) is 0 Å². The summed E-state index contributed by atoms with van der Waals surface area (Å²) in [7, 11) is 0. The van der Waals surface area contributed by atoms with Gasteiger partial charge < -0.3 is 4.90 Å². The summed E-state index contributed by atoms with van der Waals surface area (Å²) in [6.45, 7) is 14.2. The summed E-state index contributed by atoms with van der Waals surface area (Å²) in [6, 6.07) is 57.2. The average molecular weight is 670 g/mol. The van der Waals surface area contributed by atoms with E-state index in [1.54, 1.807) is 0 Å². The third kappa shape index (κ3) is 4.11. The highest BCUT2D eigenvalue weighted by molar-refractivity contribution is 5.99. The number of benzene rings is 7. The molecule has 252 valence electrons. The lowest BCUT2D eigenvalue weighted by Crippen LogP contribution is -2.17. The molecule has 10 rings (SSSR count). The van der Waals surface area contributed by atoms with Gasteiger partial charge in [0.15, 0.2) is 0 Å². The molecule has 3 aliphatic rings. The number of rotatable bonds is 4. The van der Waals surface area contributed by atoms with E-state index in [2.05, 4.69) is 198 Å². The lowest BCUT2D eigenvalue weighted by Gasteiger charge is -2.31. The van der Waals surface area contributed by atoms with Gasteiger partial charge in [0.05, 0.1) is 5.69 Å². The molecule has 0 atom stereocenters. The maximum atomic E-state index is 2.52. The van der Waals surface area contributed by atoms with Crippen molar-refractivity contribution in [2.45, 2.75) is 57.8 Å². The van der Waals surface area contributed by atoms with E-state index in [4.69, 9.17) is 0 Å². The minimum atomic E-state index is -0.108. The normalized spacial score (nSPS) is 16.0. The van der Waals surface area contributed by atoms with Crippen LogP contribution >= 0.6 is 0 Å². The smallest absolute Gasteiger partial charge is 0.0540 e. The summed E-state index contributed by atoms with van der Waals surface area (Å²) in [4.78, 5) is 2.52. The largest absolute Gasteiger partial charge is 0.310 e. The molecule has 0 heterocycles. The van der Waals surface area contributed by atoms with Gasteiger partial charge in [0.25, 0.3) is 0 Å². The van der Waals surface area contributed by atoms with Crippen molar-refractivity contribution in [3.05, 3.63) is 185 Å². The van der Waals surface area contributed by atoms with Crippen molar-refractivity contribution in [1.82, 2.24) is 0 Å². The van der Waals surface area contributed by atoms with E-state index < -0.39 is 0 Å². The fourth-order valence-electron chi connectivity index (χ4n) is 9.98. The summed E-state index contributed by atoms with van der Waals surface area (Å²) in [5.74, 6) is 0. The molecule has 0 amide bonds. The van der Waals surface area contributed by atoms with Gasteiger partial charge in [-0.3, -0.25) is 0 Å². The van der Waals surface area contributed by atoms with E-state index in [-0.39, 0.29) is 16.2 Å². The van der Waals surface area contributed by atoms with E-state index in [1.165, 1.54) is 95.0 Å². The second-order valence-corrected chi connectivity index (χ2v) is 16.6. The van der Waals surface area contributed by atoms with Crippen molar-refractivity contribution in [2.75, 3.05) is 4.90 Å². The summed E-state index contributed by atoms with van der Waals surface area (Å²) >= 11 is 0. The van der Waals surface area contributed by atoms with Gasteiger partial charge in [-0.15, -0.1) is 0 Å². The zero-order chi connectivity index (χ0) is 35.6. The molecule has 3 aliphatic carbocycles. The summed E-state index contributed by atoms with van der Waals surface area (Å²) in [6.07, 6.45) is 0. The van der Waals surface area contributed by atoms with E-state index >= 15 is 0 Å². The number of fused-ring (bicyclic) bond motifs is 9. The van der Waals surface area contributed by atoms with Gasteiger partial charge in [-0.05, 0) is 103 Å². The standard InChI is InChI=1S/C51H43N/c1-49(2)42-22-12-8-17-35(42)40-30-32(27-29-44(40)49)52(33-26-28-36-34-16-7-11-21-41(34)51(5,6)46(36)31-33)47-25-14-10-18-37(47)38-20-15-24-45-48(38)39-19-9-13-23-43(39)50(45,3)4/h7-31H,1-6H3. The van der Waals surface area contributed by atoms with Crippen LogP contribution in [-0.2, 0) is 16.2 Å². The molecule has 0 bridgehead atoms. The molecule has 0 unspecified atom stereocenters. The predicted octanol–water partition coefficient (Wildman–Crippen LogP) is 13.7. The molecule has 0 radical (unpaired) electrons. The molecule has 0 saturated carbocycles. The first-order valence-corrected chi connectivity index (χ1v) is 18.7. The molecule has 1 nitrogen and oxygen atoms in total. The first kappa shape index (κ1) is 31.1. The Morgan fingerprint density at radius 3 is 1.46 bits per heavy atom. The number of nitrogens with zero attached hydrogens (tertiary/aromatic N) is 1. The van der Waals surface area contributed by atoms with Crippen LogP contribution in [0.5, 0.6) is 0 Å². The SMILES string of the molecule is CC1(C)c2ccccc2-c2cc(N(c3ccc4c(c3)C(C)(C)c3ccccc3-4)c3ccccc3-c3cccc4c3-c3ccccc3C4(C)C)ccc21. The molecule has 0 spiro atoms. The highest BCUT2D eigenvalue weighted by Gasteiger charge is 2.39. The Morgan fingerprint density at radius 1 is 0.308 bits per heavy atom. The lowest BCUT2D eigenvalue weighted by molar-refractivity contribution is 0.660. The second kappa shape index (κ2) is 10.7. The van der Waals surface area contributed by atoms with Crippen molar-refractivity contribution in [3.63, 3.8) is 0 Å². The van der Waals surface area contributed by atoms with Gasteiger partial charge in [-0.2, -0.15) is 0 Å². The maximum absolute atomic E-state index is 2.52. The highest BCUT2D eigenvalue weighted by atomic mass is 15.1. The lowest BCUT2D eigenvalue weighted by atomic mass is 9.81. The molecule has 0 aliphatic heterocycles. The van der Waals surface area contributed by atoms with Crippen LogP contribution in [0.4, 0.5) is 17.1 Å². The Bertz CT molecular complexity index is 2610. The zero-order valence-electron chi connectivity index (χ0n) is 30.9. The van der Waals surface area contributed by atoms with E-state index in [0.29, 0.717) is 0 Å². The van der Waals surface area contributed by atoms with Crippen molar-refractivity contribution in [2.24, 2.45) is 0 Å². The highest BCUT2D eigenvalue weighted by Crippen LogP contribution is 2.56. The predicted molar refractivity (Wildman–Crippen MR) is 219 cm³/mol. The van der Waals surface area contributed by atoms with Gasteiger partial charge in [0.2, 0.25) is 0 Å². The number of anilines is 3. The van der Waals surface area contributed by atoms with Crippen molar-refractivity contribution >= 4 is 17.1 Å². The van der Waals surface area contributed by atoms with Crippen LogP contribution in [0.15, 0.2) is 152 Å². The van der Waals surface area contributed by atoms with Crippen LogP contribution in [0.1, 0.15) is 74.9 Å². The molecule has 52 heavy (non-hydrogen) atoms. The second-order valence-electron chi connectivity index (χ2n) is 16.6. The zero-order valence-corrected chi connectivity index (χ0v) is 30.9. The summed E-state index contributed by atoms with van der Waals surface area (Å²) < 4.78 is 0. The van der Waals surface area contributed by atoms with Crippen LogP contribution in [0.2, 0.25) is 0 Å².